The molecule has 7 heteroatoms. The summed E-state index contributed by atoms with van der Waals surface area (Å²) in [6, 6.07) is 6.14. The molecule has 4 unspecified atom stereocenters. The van der Waals surface area contributed by atoms with Crippen LogP contribution in [-0.4, -0.2) is 37.9 Å². The van der Waals surface area contributed by atoms with Gasteiger partial charge < -0.3 is 15.2 Å². The Morgan fingerprint density at radius 2 is 2.19 bits per heavy atom. The van der Waals surface area contributed by atoms with E-state index in [9.17, 15) is 4.79 Å². The third-order valence-electron chi connectivity index (χ3n) is 5.94. The zero-order valence-electron chi connectivity index (χ0n) is 15.7. The average Bonchev–Trinajstić information content (AvgIpc) is 3.07. The molecule has 0 radical (unpaired) electrons. The molecule has 2 N–H and O–H groups in total. The molecule has 2 aliphatic rings. The highest BCUT2D eigenvalue weighted by molar-refractivity contribution is 6.20. The number of anilines is 1. The number of fused-ring (bicyclic) bond motifs is 1. The molecule has 27 heavy (non-hydrogen) atoms. The average molecular weight is 388 g/mol. The van der Waals surface area contributed by atoms with E-state index in [0.717, 1.165) is 37.2 Å². The Hall–Kier alpha value is -2.08. The zero-order chi connectivity index (χ0) is 19.0. The first kappa shape index (κ1) is 18.3. The Balaban J connectivity index is 1.46. The largest absolute Gasteiger partial charge is 0.353 e. The maximum Gasteiger partial charge on any atom is 0.225 e. The van der Waals surface area contributed by atoms with Crippen LogP contribution in [0.15, 0.2) is 30.6 Å². The lowest BCUT2D eigenvalue weighted by atomic mass is 9.74. The first-order valence-corrected chi connectivity index (χ1v) is 10.1. The molecule has 1 aliphatic carbocycles. The second kappa shape index (κ2) is 7.50. The summed E-state index contributed by atoms with van der Waals surface area (Å²) in [4.78, 5) is 21.6. The highest BCUT2D eigenvalue weighted by Crippen LogP contribution is 2.36. The summed E-state index contributed by atoms with van der Waals surface area (Å²) in [7, 11) is 0. The van der Waals surface area contributed by atoms with E-state index in [1.807, 2.05) is 42.8 Å². The lowest BCUT2D eigenvalue weighted by molar-refractivity contribution is -0.130. The van der Waals surface area contributed by atoms with Gasteiger partial charge in [-0.25, -0.2) is 4.98 Å². The maximum atomic E-state index is 12.6. The van der Waals surface area contributed by atoms with Gasteiger partial charge in [-0.3, -0.25) is 4.79 Å². The lowest BCUT2D eigenvalue weighted by Gasteiger charge is -2.42. The van der Waals surface area contributed by atoms with Gasteiger partial charge in [0.25, 0.3) is 0 Å². The summed E-state index contributed by atoms with van der Waals surface area (Å²) < 4.78 is 2.01. The van der Waals surface area contributed by atoms with Crippen molar-refractivity contribution in [1.29, 1.82) is 0 Å². The maximum absolute atomic E-state index is 12.6. The third kappa shape index (κ3) is 3.81. The molecular weight excluding hydrogens is 362 g/mol. The summed E-state index contributed by atoms with van der Waals surface area (Å²) >= 11 is 6.36. The number of aromatic nitrogens is 3. The predicted molar refractivity (Wildman–Crippen MR) is 106 cm³/mol. The number of carbonyl (C=O) groups excluding carboxylic acids is 1. The normalized spacial score (nSPS) is 28.9. The molecule has 2 fully saturated rings. The Kier molecular flexibility index (Phi) is 5.08. The van der Waals surface area contributed by atoms with Crippen molar-refractivity contribution in [2.75, 3.05) is 5.32 Å². The second-order valence-electron chi connectivity index (χ2n) is 7.82. The van der Waals surface area contributed by atoms with Crippen molar-refractivity contribution < 1.29 is 4.79 Å². The van der Waals surface area contributed by atoms with E-state index in [-0.39, 0.29) is 29.3 Å². The van der Waals surface area contributed by atoms with Crippen LogP contribution in [0.1, 0.15) is 38.3 Å². The first-order chi connectivity index (χ1) is 13.0. The minimum atomic E-state index is -0.103. The van der Waals surface area contributed by atoms with Crippen molar-refractivity contribution in [3.8, 4) is 5.82 Å². The highest BCUT2D eigenvalue weighted by atomic mass is 35.5. The van der Waals surface area contributed by atoms with Crippen LogP contribution in [-0.2, 0) is 4.79 Å². The lowest BCUT2D eigenvalue weighted by Crippen LogP contribution is -2.55. The van der Waals surface area contributed by atoms with Crippen LogP contribution >= 0.6 is 11.6 Å². The van der Waals surface area contributed by atoms with Gasteiger partial charge >= 0.3 is 0 Å². The quantitative estimate of drug-likeness (QED) is 0.789. The van der Waals surface area contributed by atoms with Crippen LogP contribution in [0.4, 0.5) is 5.95 Å². The molecule has 0 spiro atoms. The van der Waals surface area contributed by atoms with Crippen molar-refractivity contribution in [2.24, 2.45) is 11.8 Å². The van der Waals surface area contributed by atoms with Crippen LogP contribution < -0.4 is 10.6 Å². The Labute approximate surface area is 164 Å². The van der Waals surface area contributed by atoms with Crippen molar-refractivity contribution in [1.82, 2.24) is 19.9 Å². The summed E-state index contributed by atoms with van der Waals surface area (Å²) in [5.41, 5.74) is 1.11. The van der Waals surface area contributed by atoms with E-state index in [0.29, 0.717) is 11.9 Å². The van der Waals surface area contributed by atoms with E-state index in [2.05, 4.69) is 20.6 Å². The Morgan fingerprint density at radius 3 is 2.96 bits per heavy atom. The Morgan fingerprint density at radius 1 is 1.33 bits per heavy atom. The van der Waals surface area contributed by atoms with Gasteiger partial charge in [-0.05, 0) is 63.6 Å². The highest BCUT2D eigenvalue weighted by Gasteiger charge is 2.41. The number of nitrogens with zero attached hydrogens (tertiary/aromatic N) is 3. The van der Waals surface area contributed by atoms with E-state index in [1.54, 1.807) is 6.20 Å². The van der Waals surface area contributed by atoms with Crippen LogP contribution in [0.5, 0.6) is 0 Å². The summed E-state index contributed by atoms with van der Waals surface area (Å²) in [5.74, 6) is 1.84. The number of halogens is 1. The molecule has 1 saturated carbocycles. The van der Waals surface area contributed by atoms with Gasteiger partial charge in [-0.2, -0.15) is 4.98 Å². The zero-order valence-corrected chi connectivity index (χ0v) is 16.5. The van der Waals surface area contributed by atoms with Gasteiger partial charge in [-0.1, -0.05) is 0 Å². The molecule has 3 heterocycles. The molecule has 5 atom stereocenters. The molecule has 4 rings (SSSR count). The first-order valence-electron chi connectivity index (χ1n) is 9.69. The van der Waals surface area contributed by atoms with Gasteiger partial charge in [0.15, 0.2) is 0 Å². The molecular formula is C20H26ClN5O. The predicted octanol–water partition coefficient (Wildman–Crippen LogP) is 3.29. The number of amides is 1. The minimum absolute atomic E-state index is 0.0531. The molecule has 1 aliphatic heterocycles. The monoisotopic (exact) mass is 387 g/mol. The van der Waals surface area contributed by atoms with Crippen LogP contribution in [0, 0.1) is 18.8 Å². The topological polar surface area (TPSA) is 71.8 Å². The number of aryl methyl sites for hydroxylation is 1. The molecule has 1 saturated heterocycles. The Bertz CT molecular complexity index is 822. The van der Waals surface area contributed by atoms with E-state index < -0.39 is 0 Å². The molecule has 2 aromatic rings. The molecule has 0 aromatic carbocycles. The standard InChI is InChI=1S/C20H26ClN5O/c1-12-4-3-9-26(12)18-7-8-22-20(25-18)23-13(2)16-11-14-10-15(21)5-6-17(14)24-19(16)27/h3-4,7-9,13-17H,5-6,10-11H2,1-2H3,(H,24,27)(H,22,23,25)/t13-,14?,15?,16?,17?/m0/s1. The molecule has 144 valence electrons. The number of piperidine rings is 1. The summed E-state index contributed by atoms with van der Waals surface area (Å²) in [5, 5.41) is 6.79. The van der Waals surface area contributed by atoms with Crippen molar-refractivity contribution in [2.45, 2.75) is 57.0 Å². The van der Waals surface area contributed by atoms with Gasteiger partial charge in [0, 0.05) is 35.5 Å². The number of carbonyl (C=O) groups is 1. The number of rotatable bonds is 4. The minimum Gasteiger partial charge on any atom is -0.353 e. The fourth-order valence-electron chi connectivity index (χ4n) is 4.39. The van der Waals surface area contributed by atoms with Gasteiger partial charge in [-0.15, -0.1) is 11.6 Å². The van der Waals surface area contributed by atoms with Crippen LogP contribution in [0.3, 0.4) is 0 Å². The van der Waals surface area contributed by atoms with E-state index in [1.165, 1.54) is 0 Å². The van der Waals surface area contributed by atoms with Gasteiger partial charge in [0.2, 0.25) is 11.9 Å². The SMILES string of the molecule is Cc1cccn1-c1ccnc(N[C@@H](C)C2CC3CC(Cl)CCC3NC2=O)n1. The van der Waals surface area contributed by atoms with Crippen molar-refractivity contribution in [3.05, 3.63) is 36.3 Å². The van der Waals surface area contributed by atoms with Crippen LogP contribution in [0.2, 0.25) is 0 Å². The van der Waals surface area contributed by atoms with Crippen molar-refractivity contribution in [3.63, 3.8) is 0 Å². The molecule has 1 amide bonds. The van der Waals surface area contributed by atoms with Crippen LogP contribution in [0.25, 0.3) is 5.82 Å². The molecule has 6 nitrogen and oxygen atoms in total. The number of alkyl halides is 1. The summed E-state index contributed by atoms with van der Waals surface area (Å²) in [6.07, 6.45) is 7.54. The number of hydrogen-bond acceptors (Lipinski definition) is 4. The smallest absolute Gasteiger partial charge is 0.225 e. The number of nitrogens with one attached hydrogen (secondary N) is 2. The fourth-order valence-corrected chi connectivity index (χ4v) is 4.75. The van der Waals surface area contributed by atoms with Gasteiger partial charge in [0.05, 0.1) is 5.92 Å². The summed E-state index contributed by atoms with van der Waals surface area (Å²) in [6.45, 7) is 4.07. The van der Waals surface area contributed by atoms with Gasteiger partial charge in [0.1, 0.15) is 5.82 Å². The van der Waals surface area contributed by atoms with E-state index >= 15 is 0 Å². The fraction of sp³-hybridized carbons (Fsp3) is 0.550. The van der Waals surface area contributed by atoms with E-state index in [4.69, 9.17) is 11.6 Å². The molecule has 0 bridgehead atoms. The second-order valence-corrected chi connectivity index (χ2v) is 8.44. The third-order valence-corrected chi connectivity index (χ3v) is 6.34. The van der Waals surface area contributed by atoms with Crippen molar-refractivity contribution >= 4 is 23.5 Å². The number of hydrogen-bond donors (Lipinski definition) is 2. The molecule has 2 aromatic heterocycles.